The van der Waals surface area contributed by atoms with Crippen molar-refractivity contribution in [2.75, 3.05) is 0 Å². The van der Waals surface area contributed by atoms with E-state index >= 15 is 0 Å². The van der Waals surface area contributed by atoms with Gasteiger partial charge in [-0.05, 0) is 46.5 Å². The molecule has 0 bridgehead atoms. The highest BCUT2D eigenvalue weighted by molar-refractivity contribution is 9.10. The Labute approximate surface area is 253 Å². The summed E-state index contributed by atoms with van der Waals surface area (Å²) < 4.78 is 30.5. The fourth-order valence-corrected chi connectivity index (χ4v) is 6.68. The molecular formula is C30H22Br2N2O6S. The molecule has 0 saturated heterocycles. The van der Waals surface area contributed by atoms with Crippen LogP contribution in [0.3, 0.4) is 0 Å². The molecular weight excluding hydrogens is 676 g/mol. The first-order valence-electron chi connectivity index (χ1n) is 12.1. The molecule has 4 aromatic carbocycles. The maximum absolute atomic E-state index is 14.5. The zero-order valence-electron chi connectivity index (χ0n) is 21.2. The summed E-state index contributed by atoms with van der Waals surface area (Å²) in [7, 11) is -4.06. The SMILES string of the molecule is O=[N+]([O-])c1cccc(/C=C/C(c2ccc(Br)cc2)S(=O)(=O)C(/C=C/c2cccc([N+](=O)[O-])c2)c2ccc(Br)cc2)c1. The number of non-ortho nitro benzene ring substituents is 2. The van der Waals surface area contributed by atoms with E-state index in [1.807, 2.05) is 0 Å². The van der Waals surface area contributed by atoms with E-state index in [-0.39, 0.29) is 11.4 Å². The van der Waals surface area contributed by atoms with Gasteiger partial charge in [0.1, 0.15) is 10.5 Å². The molecule has 4 aromatic rings. The Hall–Kier alpha value is -3.93. The van der Waals surface area contributed by atoms with Crippen LogP contribution in [0.1, 0.15) is 32.8 Å². The van der Waals surface area contributed by atoms with Gasteiger partial charge in [0.05, 0.1) is 9.85 Å². The van der Waals surface area contributed by atoms with E-state index in [0.29, 0.717) is 22.3 Å². The quantitative estimate of drug-likeness (QED) is 0.121. The molecule has 2 unspecified atom stereocenters. The predicted octanol–water partition coefficient (Wildman–Crippen LogP) is 8.65. The summed E-state index contributed by atoms with van der Waals surface area (Å²) >= 11 is 6.77. The minimum absolute atomic E-state index is 0.108. The van der Waals surface area contributed by atoms with Crippen molar-refractivity contribution in [1.82, 2.24) is 0 Å². The molecule has 0 aliphatic rings. The monoisotopic (exact) mass is 696 g/mol. The molecule has 0 heterocycles. The lowest BCUT2D eigenvalue weighted by Crippen LogP contribution is -2.19. The van der Waals surface area contributed by atoms with Gasteiger partial charge in [0, 0.05) is 33.2 Å². The maximum atomic E-state index is 14.5. The number of hydrogen-bond acceptors (Lipinski definition) is 6. The van der Waals surface area contributed by atoms with Crippen LogP contribution in [0.5, 0.6) is 0 Å². The number of sulfone groups is 1. The van der Waals surface area contributed by atoms with Crippen LogP contribution < -0.4 is 0 Å². The topological polar surface area (TPSA) is 120 Å². The van der Waals surface area contributed by atoms with Crippen molar-refractivity contribution >= 4 is 65.2 Å². The normalized spacial score (nSPS) is 13.3. The van der Waals surface area contributed by atoms with Gasteiger partial charge in [0.2, 0.25) is 0 Å². The lowest BCUT2D eigenvalue weighted by atomic mass is 10.1. The van der Waals surface area contributed by atoms with Gasteiger partial charge in [-0.15, -0.1) is 0 Å². The summed E-state index contributed by atoms with van der Waals surface area (Å²) in [4.78, 5) is 21.5. The number of rotatable bonds is 10. The van der Waals surface area contributed by atoms with E-state index in [4.69, 9.17) is 0 Å². The Balaban J connectivity index is 1.83. The van der Waals surface area contributed by atoms with Gasteiger partial charge in [-0.2, -0.15) is 0 Å². The van der Waals surface area contributed by atoms with Crippen LogP contribution in [0.15, 0.2) is 118 Å². The van der Waals surface area contributed by atoms with Gasteiger partial charge in [-0.1, -0.05) is 105 Å². The zero-order chi connectivity index (χ0) is 29.6. The average Bonchev–Trinajstić information content (AvgIpc) is 2.95. The van der Waals surface area contributed by atoms with Crippen molar-refractivity contribution < 1.29 is 18.3 Å². The molecule has 0 fully saturated rings. The molecule has 0 aliphatic carbocycles. The lowest BCUT2D eigenvalue weighted by Gasteiger charge is -2.22. The predicted molar refractivity (Wildman–Crippen MR) is 167 cm³/mol. The highest BCUT2D eigenvalue weighted by atomic mass is 79.9. The first kappa shape index (κ1) is 30.0. The van der Waals surface area contributed by atoms with Crippen molar-refractivity contribution in [1.29, 1.82) is 0 Å². The molecule has 0 radical (unpaired) electrons. The summed E-state index contributed by atoms with van der Waals surface area (Å²) in [5, 5.41) is 20.3. The smallest absolute Gasteiger partial charge is 0.258 e. The maximum Gasteiger partial charge on any atom is 0.270 e. The van der Waals surface area contributed by atoms with E-state index in [9.17, 15) is 28.6 Å². The highest BCUT2D eigenvalue weighted by Gasteiger charge is 2.33. The number of halogens is 2. The fraction of sp³-hybridized carbons (Fsp3) is 0.0667. The van der Waals surface area contributed by atoms with E-state index in [2.05, 4.69) is 31.9 Å². The van der Waals surface area contributed by atoms with Crippen molar-refractivity contribution in [2.24, 2.45) is 0 Å². The molecule has 0 aromatic heterocycles. The highest BCUT2D eigenvalue weighted by Crippen LogP contribution is 2.38. The van der Waals surface area contributed by atoms with Gasteiger partial charge in [0.25, 0.3) is 11.4 Å². The number of benzene rings is 4. The molecule has 0 spiro atoms. The Morgan fingerprint density at radius 1 is 0.610 bits per heavy atom. The fourth-order valence-electron chi connectivity index (χ4n) is 4.16. The van der Waals surface area contributed by atoms with Crippen molar-refractivity contribution in [3.8, 4) is 0 Å². The number of hydrogen-bond donors (Lipinski definition) is 0. The molecule has 0 amide bonds. The van der Waals surface area contributed by atoms with E-state index < -0.39 is 30.2 Å². The summed E-state index contributed by atoms with van der Waals surface area (Å²) in [6, 6.07) is 25.6. The Bertz CT molecular complexity index is 1610. The van der Waals surface area contributed by atoms with Crippen LogP contribution in [-0.4, -0.2) is 18.3 Å². The Kier molecular flexibility index (Phi) is 9.64. The third kappa shape index (κ3) is 7.63. The summed E-state index contributed by atoms with van der Waals surface area (Å²) in [5.74, 6) is 0. The summed E-state index contributed by atoms with van der Waals surface area (Å²) in [5.41, 5.74) is 1.74. The third-order valence-electron chi connectivity index (χ3n) is 6.19. The second-order valence-electron chi connectivity index (χ2n) is 8.96. The molecule has 2 atom stereocenters. The number of nitro groups is 2. The van der Waals surface area contributed by atoms with Gasteiger partial charge in [-0.3, -0.25) is 20.2 Å². The van der Waals surface area contributed by atoms with Crippen LogP contribution in [0, 0.1) is 20.2 Å². The van der Waals surface area contributed by atoms with Crippen molar-refractivity contribution in [2.45, 2.75) is 10.5 Å². The zero-order valence-corrected chi connectivity index (χ0v) is 25.2. The van der Waals surface area contributed by atoms with Crippen molar-refractivity contribution in [3.05, 3.63) is 161 Å². The number of nitrogens with zero attached hydrogens (tertiary/aromatic N) is 2. The molecule has 0 saturated carbocycles. The van der Waals surface area contributed by atoms with Gasteiger partial charge >= 0.3 is 0 Å². The van der Waals surface area contributed by atoms with E-state index in [1.165, 1.54) is 48.6 Å². The minimum atomic E-state index is -4.06. The lowest BCUT2D eigenvalue weighted by molar-refractivity contribution is -0.385. The molecule has 208 valence electrons. The number of nitro benzene ring substituents is 2. The first-order valence-corrected chi connectivity index (χ1v) is 15.3. The van der Waals surface area contributed by atoms with E-state index in [0.717, 1.165) is 8.95 Å². The average molecular weight is 698 g/mol. The van der Waals surface area contributed by atoms with Crippen LogP contribution in [0.4, 0.5) is 11.4 Å². The van der Waals surface area contributed by atoms with E-state index in [1.54, 1.807) is 72.8 Å². The van der Waals surface area contributed by atoms with Crippen LogP contribution in [0.2, 0.25) is 0 Å². The molecule has 41 heavy (non-hydrogen) atoms. The van der Waals surface area contributed by atoms with Crippen LogP contribution in [0.25, 0.3) is 12.2 Å². The second-order valence-corrected chi connectivity index (χ2v) is 13.0. The van der Waals surface area contributed by atoms with Gasteiger partial charge < -0.3 is 0 Å². The molecule has 11 heteroatoms. The Morgan fingerprint density at radius 2 is 0.976 bits per heavy atom. The largest absolute Gasteiger partial charge is 0.270 e. The first-order chi connectivity index (χ1) is 19.5. The Morgan fingerprint density at radius 3 is 1.32 bits per heavy atom. The van der Waals surface area contributed by atoms with Gasteiger partial charge in [-0.25, -0.2) is 8.42 Å². The van der Waals surface area contributed by atoms with Gasteiger partial charge in [0.15, 0.2) is 9.84 Å². The van der Waals surface area contributed by atoms with Crippen molar-refractivity contribution in [3.63, 3.8) is 0 Å². The summed E-state index contributed by atoms with van der Waals surface area (Å²) in [6.07, 6.45) is 6.15. The molecule has 8 nitrogen and oxygen atoms in total. The molecule has 0 N–H and O–H groups in total. The standard InChI is InChI=1S/C30H22Br2N2O6S/c31-25-13-9-23(10-14-25)29(17-7-21-3-1-5-27(19-21)33(35)36)41(39,40)30(24-11-15-26(32)16-12-24)18-8-22-4-2-6-28(20-22)34(37)38/h1-20,29-30H/b17-7+,18-8+. The van der Waals surface area contributed by atoms with Crippen LogP contribution in [-0.2, 0) is 9.84 Å². The molecule has 4 rings (SSSR count). The van der Waals surface area contributed by atoms with Crippen LogP contribution >= 0.6 is 31.9 Å². The minimum Gasteiger partial charge on any atom is -0.258 e. The second kappa shape index (κ2) is 13.2. The third-order valence-corrected chi connectivity index (χ3v) is 9.53. The summed E-state index contributed by atoms with van der Waals surface area (Å²) in [6.45, 7) is 0. The molecule has 0 aliphatic heterocycles.